The van der Waals surface area contributed by atoms with Crippen LogP contribution in [0.4, 0.5) is 0 Å². The molecule has 2 heterocycles. The number of aromatic nitrogens is 1. The minimum atomic E-state index is -4.40. The predicted octanol–water partition coefficient (Wildman–Crippen LogP) is -0.256. The quantitative estimate of drug-likeness (QED) is 0.748. The van der Waals surface area contributed by atoms with Crippen molar-refractivity contribution in [2.75, 3.05) is 11.6 Å². The Morgan fingerprint density at radius 3 is 2.50 bits per heavy atom. The van der Waals surface area contributed by atoms with Crippen LogP contribution in [0.1, 0.15) is 19.3 Å². The molecule has 1 amide bonds. The van der Waals surface area contributed by atoms with Gasteiger partial charge in [-0.1, -0.05) is 0 Å². The Balaban J connectivity index is 2.42. The molecule has 1 aliphatic rings. The summed E-state index contributed by atoms with van der Waals surface area (Å²) >= 11 is 0. The standard InChI is InChI=1S/C10H12N2O5S/c13-9-3-1-2-5-11(9)12-6-4-8(7-10(12)14)18(15,16)17/h4,6-7H,1-3,5H2,(H,15,16,17). The third-order valence-corrected chi connectivity index (χ3v) is 3.58. The van der Waals surface area contributed by atoms with Crippen molar-refractivity contribution in [2.45, 2.75) is 24.2 Å². The Bertz CT molecular complexity index is 634. The van der Waals surface area contributed by atoms with Crippen molar-refractivity contribution in [1.82, 2.24) is 4.68 Å². The Morgan fingerprint density at radius 2 is 1.94 bits per heavy atom. The van der Waals surface area contributed by atoms with E-state index in [0.717, 1.165) is 29.7 Å². The van der Waals surface area contributed by atoms with E-state index >= 15 is 0 Å². The van der Waals surface area contributed by atoms with Crippen LogP contribution in [0.3, 0.4) is 0 Å². The van der Waals surface area contributed by atoms with Crippen LogP contribution in [-0.2, 0) is 14.9 Å². The summed E-state index contributed by atoms with van der Waals surface area (Å²) in [6.45, 7) is 0.421. The molecule has 0 radical (unpaired) electrons. The molecule has 18 heavy (non-hydrogen) atoms. The highest BCUT2D eigenvalue weighted by Crippen LogP contribution is 2.10. The van der Waals surface area contributed by atoms with Crippen LogP contribution in [0, 0.1) is 0 Å². The smallest absolute Gasteiger partial charge is 0.282 e. The summed E-state index contributed by atoms with van der Waals surface area (Å²) in [5.41, 5.74) is -0.666. The van der Waals surface area contributed by atoms with Gasteiger partial charge >= 0.3 is 0 Å². The lowest BCUT2D eigenvalue weighted by Gasteiger charge is -2.27. The highest BCUT2D eigenvalue weighted by molar-refractivity contribution is 7.85. The van der Waals surface area contributed by atoms with E-state index in [-0.39, 0.29) is 5.91 Å². The van der Waals surface area contributed by atoms with Gasteiger partial charge in [-0.05, 0) is 18.9 Å². The molecule has 98 valence electrons. The lowest BCUT2D eigenvalue weighted by molar-refractivity contribution is -0.121. The van der Waals surface area contributed by atoms with Crippen LogP contribution in [0.2, 0.25) is 0 Å². The summed E-state index contributed by atoms with van der Waals surface area (Å²) in [5.74, 6) is -0.178. The fourth-order valence-corrected chi connectivity index (χ4v) is 2.32. The van der Waals surface area contributed by atoms with E-state index in [0.29, 0.717) is 13.0 Å². The molecule has 0 spiro atoms. The van der Waals surface area contributed by atoms with Gasteiger partial charge in [0.05, 0.1) is 0 Å². The Morgan fingerprint density at radius 1 is 1.22 bits per heavy atom. The van der Waals surface area contributed by atoms with Gasteiger partial charge in [-0.3, -0.25) is 14.1 Å². The summed E-state index contributed by atoms with van der Waals surface area (Å²) in [4.78, 5) is 22.9. The Labute approximate surface area is 103 Å². The van der Waals surface area contributed by atoms with Gasteiger partial charge in [-0.25, -0.2) is 9.69 Å². The number of nitrogens with zero attached hydrogens (tertiary/aromatic N) is 2. The lowest BCUT2D eigenvalue weighted by Crippen LogP contribution is -2.48. The van der Waals surface area contributed by atoms with Gasteiger partial charge in [0, 0.05) is 25.2 Å². The molecule has 0 saturated carbocycles. The van der Waals surface area contributed by atoms with E-state index in [1.165, 1.54) is 11.2 Å². The number of piperidine rings is 1. The number of carbonyl (C=O) groups excluding carboxylic acids is 1. The normalized spacial score (nSPS) is 16.9. The molecule has 0 unspecified atom stereocenters. The van der Waals surface area contributed by atoms with E-state index in [4.69, 9.17) is 4.55 Å². The molecule has 1 fully saturated rings. The van der Waals surface area contributed by atoms with Gasteiger partial charge in [0.25, 0.3) is 15.7 Å². The molecular weight excluding hydrogens is 260 g/mol. The molecule has 1 aliphatic heterocycles. The first kappa shape index (κ1) is 12.8. The minimum Gasteiger partial charge on any atom is -0.282 e. The van der Waals surface area contributed by atoms with Gasteiger partial charge < -0.3 is 0 Å². The van der Waals surface area contributed by atoms with Crippen molar-refractivity contribution in [2.24, 2.45) is 0 Å². The van der Waals surface area contributed by atoms with Crippen molar-refractivity contribution >= 4 is 16.0 Å². The maximum absolute atomic E-state index is 11.7. The lowest BCUT2D eigenvalue weighted by atomic mass is 10.1. The van der Waals surface area contributed by atoms with Gasteiger partial charge in [-0.15, -0.1) is 0 Å². The van der Waals surface area contributed by atoms with Crippen molar-refractivity contribution in [3.05, 3.63) is 28.7 Å². The SMILES string of the molecule is O=C1CCCCN1n1ccc(S(=O)(=O)O)cc1=O. The summed E-state index contributed by atoms with van der Waals surface area (Å²) in [7, 11) is -4.40. The monoisotopic (exact) mass is 272 g/mol. The van der Waals surface area contributed by atoms with Crippen molar-refractivity contribution in [3.8, 4) is 0 Å². The summed E-state index contributed by atoms with van der Waals surface area (Å²) in [5, 5.41) is 1.28. The number of hydrogen-bond donors (Lipinski definition) is 1. The molecular formula is C10H12N2O5S. The van der Waals surface area contributed by atoms with Gasteiger partial charge in [-0.2, -0.15) is 8.42 Å². The Hall–Kier alpha value is -1.67. The van der Waals surface area contributed by atoms with E-state index in [1.54, 1.807) is 0 Å². The molecule has 2 rings (SSSR count). The van der Waals surface area contributed by atoms with Crippen molar-refractivity contribution < 1.29 is 17.8 Å². The largest absolute Gasteiger partial charge is 0.294 e. The summed E-state index contributed by atoms with van der Waals surface area (Å²) in [6.07, 6.45) is 3.12. The second-order valence-electron chi connectivity index (χ2n) is 3.99. The third kappa shape index (κ3) is 2.44. The summed E-state index contributed by atoms with van der Waals surface area (Å²) in [6, 6.07) is 1.87. The van der Waals surface area contributed by atoms with E-state index in [2.05, 4.69) is 0 Å². The van der Waals surface area contributed by atoms with Gasteiger partial charge in [0.15, 0.2) is 0 Å². The Kier molecular flexibility index (Phi) is 3.22. The molecule has 0 aromatic carbocycles. The molecule has 1 saturated heterocycles. The van der Waals surface area contributed by atoms with E-state index in [9.17, 15) is 18.0 Å². The topological polar surface area (TPSA) is 96.7 Å². The second-order valence-corrected chi connectivity index (χ2v) is 5.42. The molecule has 7 nitrogen and oxygen atoms in total. The van der Waals surface area contributed by atoms with Crippen LogP contribution >= 0.6 is 0 Å². The predicted molar refractivity (Wildman–Crippen MR) is 62.5 cm³/mol. The van der Waals surface area contributed by atoms with Crippen LogP contribution in [0.25, 0.3) is 0 Å². The van der Waals surface area contributed by atoms with E-state index < -0.39 is 20.6 Å². The van der Waals surface area contributed by atoms with Crippen LogP contribution in [-0.4, -0.2) is 30.1 Å². The number of pyridine rings is 1. The molecule has 1 N–H and O–H groups in total. The average Bonchev–Trinajstić information content (AvgIpc) is 2.29. The molecule has 1 aromatic rings. The molecule has 1 aromatic heterocycles. The van der Waals surface area contributed by atoms with Gasteiger partial charge in [0.1, 0.15) is 4.90 Å². The zero-order valence-corrected chi connectivity index (χ0v) is 10.3. The zero-order valence-electron chi connectivity index (χ0n) is 9.44. The molecule has 8 heteroatoms. The highest BCUT2D eigenvalue weighted by Gasteiger charge is 2.21. The fraction of sp³-hybridized carbons (Fsp3) is 0.400. The number of amides is 1. The highest BCUT2D eigenvalue weighted by atomic mass is 32.2. The maximum atomic E-state index is 11.7. The first-order valence-electron chi connectivity index (χ1n) is 5.40. The number of hydrogen-bond acceptors (Lipinski definition) is 4. The van der Waals surface area contributed by atoms with Crippen LogP contribution in [0.15, 0.2) is 28.0 Å². The third-order valence-electron chi connectivity index (χ3n) is 2.73. The fourth-order valence-electron chi connectivity index (χ4n) is 1.83. The summed E-state index contributed by atoms with van der Waals surface area (Å²) < 4.78 is 31.6. The van der Waals surface area contributed by atoms with Crippen molar-refractivity contribution in [1.29, 1.82) is 0 Å². The molecule has 0 atom stereocenters. The maximum Gasteiger partial charge on any atom is 0.294 e. The number of carbonyl (C=O) groups is 1. The van der Waals surface area contributed by atoms with Gasteiger partial charge in [0.2, 0.25) is 5.91 Å². The van der Waals surface area contributed by atoms with Crippen LogP contribution < -0.4 is 10.6 Å². The number of rotatable bonds is 2. The van der Waals surface area contributed by atoms with Crippen molar-refractivity contribution in [3.63, 3.8) is 0 Å². The van der Waals surface area contributed by atoms with Crippen LogP contribution in [0.5, 0.6) is 0 Å². The minimum absolute atomic E-state index is 0.178. The molecule has 0 aliphatic carbocycles. The average molecular weight is 272 g/mol. The zero-order chi connectivity index (χ0) is 13.3. The first-order chi connectivity index (χ1) is 8.39. The first-order valence-corrected chi connectivity index (χ1v) is 6.84. The van der Waals surface area contributed by atoms with E-state index in [1.807, 2.05) is 0 Å². The molecule has 0 bridgehead atoms. The second kappa shape index (κ2) is 4.54.